The normalized spacial score (nSPS) is 10.5. The number of nitrogens with one attached hydrogen (secondary N) is 1. The number of hydrogen-bond acceptors (Lipinski definition) is 1. The van der Waals surface area contributed by atoms with Crippen LogP contribution in [0.25, 0.3) is 0 Å². The van der Waals surface area contributed by atoms with Crippen LogP contribution in [0.2, 0.25) is 5.02 Å². The van der Waals surface area contributed by atoms with Crippen LogP contribution in [0.4, 0.5) is 0 Å². The number of rotatable bonds is 5. The zero-order chi connectivity index (χ0) is 12.0. The van der Waals surface area contributed by atoms with Gasteiger partial charge in [-0.1, -0.05) is 37.6 Å². The Morgan fingerprint density at radius 1 is 1.31 bits per heavy atom. The van der Waals surface area contributed by atoms with Crippen LogP contribution in [0.1, 0.15) is 25.8 Å². The van der Waals surface area contributed by atoms with Gasteiger partial charge in [0.05, 0.1) is 0 Å². The van der Waals surface area contributed by atoms with Gasteiger partial charge in [-0.15, -0.1) is 0 Å². The van der Waals surface area contributed by atoms with Crippen LogP contribution in [0.5, 0.6) is 0 Å². The first-order valence-corrected chi connectivity index (χ1v) is 5.97. The molecule has 1 rings (SSSR count). The minimum absolute atomic E-state index is 0.129. The zero-order valence-electron chi connectivity index (χ0n) is 9.79. The molecule has 1 aromatic carbocycles. The third kappa shape index (κ3) is 5.17. The molecule has 0 bridgehead atoms. The first-order valence-electron chi connectivity index (χ1n) is 5.59. The molecular formula is C13H18ClNO. The molecule has 0 aliphatic carbocycles. The summed E-state index contributed by atoms with van der Waals surface area (Å²) >= 11 is 5.78. The molecule has 0 spiro atoms. The molecule has 0 atom stereocenters. The smallest absolute Gasteiger partial charge is 0.220 e. The molecule has 1 N–H and O–H groups in total. The Morgan fingerprint density at radius 3 is 2.50 bits per heavy atom. The Morgan fingerprint density at radius 2 is 1.94 bits per heavy atom. The predicted octanol–water partition coefficient (Wildman–Crippen LogP) is 3.04. The van der Waals surface area contributed by atoms with E-state index in [2.05, 4.69) is 5.32 Å². The largest absolute Gasteiger partial charge is 0.356 e. The molecule has 1 aromatic rings. The van der Waals surface area contributed by atoms with E-state index < -0.39 is 0 Å². The molecule has 0 aliphatic heterocycles. The van der Waals surface area contributed by atoms with Gasteiger partial charge in [0.15, 0.2) is 0 Å². The summed E-state index contributed by atoms with van der Waals surface area (Å²) in [6, 6.07) is 7.70. The zero-order valence-corrected chi connectivity index (χ0v) is 10.6. The lowest BCUT2D eigenvalue weighted by molar-refractivity contribution is -0.121. The number of amides is 1. The standard InChI is InChI=1S/C13H18ClNO/c1-10(2)9-13(16)15-8-7-11-3-5-12(14)6-4-11/h3-6,10H,7-9H2,1-2H3,(H,15,16). The van der Waals surface area contributed by atoms with Crippen molar-refractivity contribution in [2.45, 2.75) is 26.7 Å². The number of hydrogen-bond donors (Lipinski definition) is 1. The third-order valence-electron chi connectivity index (χ3n) is 2.24. The van der Waals surface area contributed by atoms with Gasteiger partial charge < -0.3 is 5.32 Å². The predicted molar refractivity (Wildman–Crippen MR) is 67.6 cm³/mol. The highest BCUT2D eigenvalue weighted by Crippen LogP contribution is 2.09. The van der Waals surface area contributed by atoms with E-state index >= 15 is 0 Å². The summed E-state index contributed by atoms with van der Waals surface area (Å²) in [6.07, 6.45) is 1.45. The summed E-state index contributed by atoms with van der Waals surface area (Å²) in [4.78, 5) is 11.4. The first kappa shape index (κ1) is 13.0. The van der Waals surface area contributed by atoms with Crippen LogP contribution in [0, 0.1) is 5.92 Å². The lowest BCUT2D eigenvalue weighted by Crippen LogP contribution is -2.26. The average Bonchev–Trinajstić information content (AvgIpc) is 2.20. The summed E-state index contributed by atoms with van der Waals surface area (Å²) < 4.78 is 0. The lowest BCUT2D eigenvalue weighted by Gasteiger charge is -2.07. The van der Waals surface area contributed by atoms with E-state index in [1.807, 2.05) is 38.1 Å². The molecule has 0 saturated carbocycles. The quantitative estimate of drug-likeness (QED) is 0.841. The second-order valence-corrected chi connectivity index (χ2v) is 4.76. The second kappa shape index (κ2) is 6.54. The van der Waals surface area contributed by atoms with Gasteiger partial charge in [0, 0.05) is 18.0 Å². The highest BCUT2D eigenvalue weighted by atomic mass is 35.5. The van der Waals surface area contributed by atoms with Crippen molar-refractivity contribution in [1.82, 2.24) is 5.32 Å². The SMILES string of the molecule is CC(C)CC(=O)NCCc1ccc(Cl)cc1. The fraction of sp³-hybridized carbons (Fsp3) is 0.462. The second-order valence-electron chi connectivity index (χ2n) is 4.32. The molecule has 88 valence electrons. The minimum atomic E-state index is 0.129. The average molecular weight is 240 g/mol. The van der Waals surface area contributed by atoms with Crippen molar-refractivity contribution in [3.05, 3.63) is 34.9 Å². The van der Waals surface area contributed by atoms with Gasteiger partial charge in [-0.3, -0.25) is 4.79 Å². The van der Waals surface area contributed by atoms with Gasteiger partial charge in [-0.2, -0.15) is 0 Å². The van der Waals surface area contributed by atoms with Crippen LogP contribution in [0.3, 0.4) is 0 Å². The Hall–Kier alpha value is -1.02. The number of carbonyl (C=O) groups is 1. The van der Waals surface area contributed by atoms with Gasteiger partial charge in [-0.25, -0.2) is 0 Å². The van der Waals surface area contributed by atoms with Gasteiger partial charge in [-0.05, 0) is 30.0 Å². The monoisotopic (exact) mass is 239 g/mol. The van der Waals surface area contributed by atoms with Crippen molar-refractivity contribution >= 4 is 17.5 Å². The van der Waals surface area contributed by atoms with Crippen LogP contribution in [-0.2, 0) is 11.2 Å². The van der Waals surface area contributed by atoms with Gasteiger partial charge in [0.2, 0.25) is 5.91 Å². The van der Waals surface area contributed by atoms with E-state index in [0.717, 1.165) is 11.4 Å². The Bertz CT molecular complexity index is 332. The van der Waals surface area contributed by atoms with Crippen molar-refractivity contribution in [3.8, 4) is 0 Å². The molecule has 1 amide bonds. The van der Waals surface area contributed by atoms with Crippen molar-refractivity contribution < 1.29 is 4.79 Å². The maximum absolute atomic E-state index is 11.4. The molecule has 0 fully saturated rings. The molecule has 0 unspecified atom stereocenters. The van der Waals surface area contributed by atoms with E-state index in [0.29, 0.717) is 18.9 Å². The molecule has 16 heavy (non-hydrogen) atoms. The molecule has 0 saturated heterocycles. The highest BCUT2D eigenvalue weighted by Gasteiger charge is 2.03. The van der Waals surface area contributed by atoms with Crippen molar-refractivity contribution in [2.24, 2.45) is 5.92 Å². The topological polar surface area (TPSA) is 29.1 Å². The Kier molecular flexibility index (Phi) is 5.33. The molecule has 3 heteroatoms. The number of benzene rings is 1. The Labute approximate surface area is 102 Å². The maximum atomic E-state index is 11.4. The van der Waals surface area contributed by atoms with Crippen molar-refractivity contribution in [2.75, 3.05) is 6.54 Å². The van der Waals surface area contributed by atoms with Crippen LogP contribution in [-0.4, -0.2) is 12.5 Å². The molecule has 2 nitrogen and oxygen atoms in total. The van der Waals surface area contributed by atoms with E-state index in [9.17, 15) is 4.79 Å². The van der Waals surface area contributed by atoms with E-state index in [-0.39, 0.29) is 5.91 Å². The fourth-order valence-corrected chi connectivity index (χ4v) is 1.57. The van der Waals surface area contributed by atoms with E-state index in [1.54, 1.807) is 0 Å². The van der Waals surface area contributed by atoms with Crippen LogP contribution in [0.15, 0.2) is 24.3 Å². The summed E-state index contributed by atoms with van der Waals surface area (Å²) in [5.74, 6) is 0.541. The van der Waals surface area contributed by atoms with Gasteiger partial charge in [0.25, 0.3) is 0 Å². The van der Waals surface area contributed by atoms with Crippen molar-refractivity contribution in [3.63, 3.8) is 0 Å². The highest BCUT2D eigenvalue weighted by molar-refractivity contribution is 6.30. The van der Waals surface area contributed by atoms with Crippen LogP contribution >= 0.6 is 11.6 Å². The Balaban J connectivity index is 2.25. The van der Waals surface area contributed by atoms with Gasteiger partial charge in [0.1, 0.15) is 0 Å². The van der Waals surface area contributed by atoms with Crippen LogP contribution < -0.4 is 5.32 Å². The number of halogens is 1. The third-order valence-corrected chi connectivity index (χ3v) is 2.49. The summed E-state index contributed by atoms with van der Waals surface area (Å²) in [5.41, 5.74) is 1.19. The summed E-state index contributed by atoms with van der Waals surface area (Å²) in [6.45, 7) is 4.77. The molecular weight excluding hydrogens is 222 g/mol. The molecule has 0 aliphatic rings. The fourth-order valence-electron chi connectivity index (χ4n) is 1.44. The minimum Gasteiger partial charge on any atom is -0.356 e. The van der Waals surface area contributed by atoms with Crippen molar-refractivity contribution in [1.29, 1.82) is 0 Å². The summed E-state index contributed by atoms with van der Waals surface area (Å²) in [5, 5.41) is 3.65. The first-order chi connectivity index (χ1) is 7.58. The maximum Gasteiger partial charge on any atom is 0.220 e. The van der Waals surface area contributed by atoms with E-state index in [4.69, 9.17) is 11.6 Å². The molecule has 0 radical (unpaired) electrons. The summed E-state index contributed by atoms with van der Waals surface area (Å²) in [7, 11) is 0. The molecule has 0 heterocycles. The van der Waals surface area contributed by atoms with Gasteiger partial charge >= 0.3 is 0 Å². The van der Waals surface area contributed by atoms with E-state index in [1.165, 1.54) is 5.56 Å². The lowest BCUT2D eigenvalue weighted by atomic mass is 10.1. The molecule has 0 aromatic heterocycles. The number of carbonyl (C=O) groups excluding carboxylic acids is 1.